The molecule has 4 aromatic rings. The standard InChI is InChI=1S/C28H24N2O4/c1-17-8-10-21(11-9-17)27-18(2)26(23-6-4-5-7-24(23)30-27)28(33)34-16-25(32)29-22-14-12-20(13-15-22)19(3)31/h4-15H,16H2,1-3H3,(H,29,32). The molecule has 1 N–H and O–H groups in total. The second-order valence-corrected chi connectivity index (χ2v) is 8.10. The fourth-order valence-electron chi connectivity index (χ4n) is 3.75. The van der Waals surface area contributed by atoms with Crippen molar-refractivity contribution in [2.24, 2.45) is 0 Å². The molecule has 3 aromatic carbocycles. The van der Waals surface area contributed by atoms with E-state index in [1.54, 1.807) is 24.3 Å². The van der Waals surface area contributed by atoms with Gasteiger partial charge in [0.25, 0.3) is 5.91 Å². The van der Waals surface area contributed by atoms with Crippen molar-refractivity contribution in [3.05, 3.63) is 95.1 Å². The average Bonchev–Trinajstić information content (AvgIpc) is 2.83. The number of Topliss-reactive ketones (excluding diaryl/α,β-unsaturated/α-hetero) is 1. The Morgan fingerprint density at radius 1 is 0.882 bits per heavy atom. The number of fused-ring (bicyclic) bond motifs is 1. The number of carbonyl (C=O) groups is 3. The zero-order valence-corrected chi connectivity index (χ0v) is 19.2. The Balaban J connectivity index is 1.57. The van der Waals surface area contributed by atoms with E-state index in [4.69, 9.17) is 9.72 Å². The molecule has 0 bridgehead atoms. The van der Waals surface area contributed by atoms with Crippen molar-refractivity contribution in [3.63, 3.8) is 0 Å². The molecule has 0 unspecified atom stereocenters. The number of pyridine rings is 1. The summed E-state index contributed by atoms with van der Waals surface area (Å²) in [5.74, 6) is -1.12. The Labute approximate surface area is 197 Å². The molecule has 6 heteroatoms. The summed E-state index contributed by atoms with van der Waals surface area (Å²) in [5.41, 5.74) is 5.53. The van der Waals surface area contributed by atoms with Gasteiger partial charge in [-0.3, -0.25) is 9.59 Å². The molecule has 0 aliphatic heterocycles. The summed E-state index contributed by atoms with van der Waals surface area (Å²) >= 11 is 0. The molecule has 0 spiro atoms. The minimum absolute atomic E-state index is 0.0586. The lowest BCUT2D eigenvalue weighted by molar-refractivity contribution is -0.119. The number of para-hydroxylation sites is 1. The third-order valence-electron chi connectivity index (χ3n) is 5.57. The van der Waals surface area contributed by atoms with Gasteiger partial charge < -0.3 is 10.1 Å². The number of ketones is 1. The number of nitrogens with zero attached hydrogens (tertiary/aromatic N) is 1. The van der Waals surface area contributed by atoms with Crippen LogP contribution in [0.3, 0.4) is 0 Å². The highest BCUT2D eigenvalue weighted by atomic mass is 16.5. The van der Waals surface area contributed by atoms with E-state index in [2.05, 4.69) is 5.32 Å². The molecule has 1 aromatic heterocycles. The number of amides is 1. The van der Waals surface area contributed by atoms with Crippen LogP contribution in [0.4, 0.5) is 5.69 Å². The normalized spacial score (nSPS) is 10.7. The first-order valence-corrected chi connectivity index (χ1v) is 10.9. The van der Waals surface area contributed by atoms with Crippen LogP contribution in [0.25, 0.3) is 22.2 Å². The molecular formula is C28H24N2O4. The first-order chi connectivity index (χ1) is 16.3. The Kier molecular flexibility index (Phi) is 6.50. The van der Waals surface area contributed by atoms with E-state index >= 15 is 0 Å². The molecule has 0 atom stereocenters. The van der Waals surface area contributed by atoms with Crippen LogP contribution in [0, 0.1) is 13.8 Å². The number of benzene rings is 3. The van der Waals surface area contributed by atoms with E-state index in [-0.39, 0.29) is 5.78 Å². The zero-order chi connectivity index (χ0) is 24.2. The van der Waals surface area contributed by atoms with Crippen LogP contribution in [-0.2, 0) is 9.53 Å². The minimum atomic E-state index is -0.591. The molecule has 1 amide bonds. The fourth-order valence-corrected chi connectivity index (χ4v) is 3.75. The van der Waals surface area contributed by atoms with Crippen molar-refractivity contribution >= 4 is 34.3 Å². The number of carbonyl (C=O) groups excluding carboxylic acids is 3. The minimum Gasteiger partial charge on any atom is -0.452 e. The molecule has 6 nitrogen and oxygen atoms in total. The smallest absolute Gasteiger partial charge is 0.339 e. The number of anilines is 1. The number of aromatic nitrogens is 1. The monoisotopic (exact) mass is 452 g/mol. The topological polar surface area (TPSA) is 85.4 Å². The van der Waals surface area contributed by atoms with Crippen molar-refractivity contribution in [1.82, 2.24) is 4.98 Å². The van der Waals surface area contributed by atoms with Crippen LogP contribution >= 0.6 is 0 Å². The molecule has 0 aliphatic rings. The van der Waals surface area contributed by atoms with E-state index in [0.717, 1.165) is 11.1 Å². The van der Waals surface area contributed by atoms with Gasteiger partial charge in [-0.1, -0.05) is 48.0 Å². The number of hydrogen-bond donors (Lipinski definition) is 1. The van der Waals surface area contributed by atoms with Crippen molar-refractivity contribution in [2.45, 2.75) is 20.8 Å². The van der Waals surface area contributed by atoms with Gasteiger partial charge >= 0.3 is 5.97 Å². The summed E-state index contributed by atoms with van der Waals surface area (Å²) in [7, 11) is 0. The summed E-state index contributed by atoms with van der Waals surface area (Å²) in [5, 5.41) is 3.34. The first kappa shape index (κ1) is 22.9. The van der Waals surface area contributed by atoms with Crippen molar-refractivity contribution in [2.75, 3.05) is 11.9 Å². The molecule has 0 aliphatic carbocycles. The molecule has 0 saturated heterocycles. The molecule has 170 valence electrons. The highest BCUT2D eigenvalue weighted by molar-refractivity contribution is 6.07. The SMILES string of the molecule is CC(=O)c1ccc(NC(=O)COC(=O)c2c(C)c(-c3ccc(C)cc3)nc3ccccc23)cc1. The second-order valence-electron chi connectivity index (χ2n) is 8.10. The van der Waals surface area contributed by atoms with E-state index in [1.165, 1.54) is 6.92 Å². The quantitative estimate of drug-likeness (QED) is 0.308. The number of aryl methyl sites for hydroxylation is 1. The van der Waals surface area contributed by atoms with Crippen LogP contribution in [0.15, 0.2) is 72.8 Å². The summed E-state index contributed by atoms with van der Waals surface area (Å²) in [6, 6.07) is 21.8. The Bertz CT molecular complexity index is 1390. The molecule has 0 radical (unpaired) electrons. The molecule has 34 heavy (non-hydrogen) atoms. The molecule has 1 heterocycles. The van der Waals surface area contributed by atoms with Crippen molar-refractivity contribution < 1.29 is 19.1 Å². The number of ether oxygens (including phenoxy) is 1. The van der Waals surface area contributed by atoms with Gasteiger partial charge in [0.05, 0.1) is 16.8 Å². The molecule has 0 saturated carbocycles. The van der Waals surface area contributed by atoms with Crippen molar-refractivity contribution in [3.8, 4) is 11.3 Å². The molecule has 4 rings (SSSR count). The van der Waals surface area contributed by atoms with Gasteiger partial charge in [0.1, 0.15) is 0 Å². The van der Waals surface area contributed by atoms with Gasteiger partial charge in [0, 0.05) is 22.2 Å². The van der Waals surface area contributed by atoms with E-state index in [9.17, 15) is 14.4 Å². The predicted molar refractivity (Wildman–Crippen MR) is 132 cm³/mol. The second kappa shape index (κ2) is 9.67. The fraction of sp³-hybridized carbons (Fsp3) is 0.143. The summed E-state index contributed by atoms with van der Waals surface area (Å²) in [4.78, 5) is 41.7. The average molecular weight is 453 g/mol. The van der Waals surface area contributed by atoms with E-state index in [0.29, 0.717) is 39.0 Å². The number of rotatable bonds is 6. The maximum atomic E-state index is 13.1. The number of nitrogens with one attached hydrogen (secondary N) is 1. The van der Waals surface area contributed by atoms with Crippen molar-refractivity contribution in [1.29, 1.82) is 0 Å². The predicted octanol–water partition coefficient (Wildman–Crippen LogP) is 5.52. The van der Waals surface area contributed by atoms with Gasteiger partial charge in [0.2, 0.25) is 0 Å². The van der Waals surface area contributed by atoms with Crippen LogP contribution in [0.1, 0.15) is 38.8 Å². The maximum Gasteiger partial charge on any atom is 0.339 e. The van der Waals surface area contributed by atoms with Gasteiger partial charge in [0.15, 0.2) is 12.4 Å². The van der Waals surface area contributed by atoms with E-state index < -0.39 is 18.5 Å². The number of esters is 1. The Morgan fingerprint density at radius 2 is 1.56 bits per heavy atom. The van der Waals surface area contributed by atoms with Gasteiger partial charge in [-0.25, -0.2) is 9.78 Å². The highest BCUT2D eigenvalue weighted by Gasteiger charge is 2.21. The molecule has 0 fully saturated rings. The van der Waals surface area contributed by atoms with Crippen LogP contribution < -0.4 is 5.32 Å². The van der Waals surface area contributed by atoms with Gasteiger partial charge in [-0.15, -0.1) is 0 Å². The lowest BCUT2D eigenvalue weighted by Crippen LogP contribution is -2.21. The van der Waals surface area contributed by atoms with Crippen LogP contribution in [-0.4, -0.2) is 29.3 Å². The highest BCUT2D eigenvalue weighted by Crippen LogP contribution is 2.30. The third-order valence-corrected chi connectivity index (χ3v) is 5.57. The maximum absolute atomic E-state index is 13.1. The summed E-state index contributed by atoms with van der Waals surface area (Å²) < 4.78 is 5.39. The molecular weight excluding hydrogens is 428 g/mol. The largest absolute Gasteiger partial charge is 0.452 e. The van der Waals surface area contributed by atoms with Gasteiger partial charge in [-0.2, -0.15) is 0 Å². The zero-order valence-electron chi connectivity index (χ0n) is 19.2. The lowest BCUT2D eigenvalue weighted by atomic mass is 9.97. The van der Waals surface area contributed by atoms with E-state index in [1.807, 2.05) is 62.4 Å². The van der Waals surface area contributed by atoms with Crippen LogP contribution in [0.2, 0.25) is 0 Å². The van der Waals surface area contributed by atoms with Crippen LogP contribution in [0.5, 0.6) is 0 Å². The third kappa shape index (κ3) is 4.86. The Morgan fingerprint density at radius 3 is 2.24 bits per heavy atom. The summed E-state index contributed by atoms with van der Waals surface area (Å²) in [6.45, 7) is 4.88. The number of hydrogen-bond acceptors (Lipinski definition) is 5. The summed E-state index contributed by atoms with van der Waals surface area (Å²) in [6.07, 6.45) is 0. The lowest BCUT2D eigenvalue weighted by Gasteiger charge is -2.14. The van der Waals surface area contributed by atoms with Gasteiger partial charge in [-0.05, 0) is 56.7 Å². The Hall–Kier alpha value is -4.32. The first-order valence-electron chi connectivity index (χ1n) is 10.9.